The molecule has 5 nitrogen and oxygen atoms in total. The van der Waals surface area contributed by atoms with Crippen LogP contribution in [0.4, 0.5) is 13.2 Å². The second-order valence-corrected chi connectivity index (χ2v) is 7.52. The number of carbonyl (C=O) groups is 1. The summed E-state index contributed by atoms with van der Waals surface area (Å²) in [7, 11) is -3.13. The normalized spacial score (nSPS) is 26.3. The van der Waals surface area contributed by atoms with E-state index >= 15 is 0 Å². The van der Waals surface area contributed by atoms with Crippen molar-refractivity contribution in [3.63, 3.8) is 0 Å². The highest BCUT2D eigenvalue weighted by molar-refractivity contribution is 7.91. The molecule has 120 valence electrons. The SMILES string of the molecule is O=C(CC1CS(=O)(=O)CCN1)N1CC=C(C(F)(F)F)CC1. The van der Waals surface area contributed by atoms with Crippen LogP contribution >= 0.6 is 0 Å². The zero-order chi connectivity index (χ0) is 15.7. The van der Waals surface area contributed by atoms with E-state index in [1.54, 1.807) is 0 Å². The minimum atomic E-state index is -4.34. The number of amides is 1. The second kappa shape index (κ2) is 5.96. The summed E-state index contributed by atoms with van der Waals surface area (Å²) in [6.07, 6.45) is -3.54. The van der Waals surface area contributed by atoms with Crippen LogP contribution in [-0.4, -0.2) is 62.6 Å². The number of hydrogen-bond donors (Lipinski definition) is 1. The molecule has 2 aliphatic heterocycles. The van der Waals surface area contributed by atoms with Crippen molar-refractivity contribution < 1.29 is 26.4 Å². The fraction of sp³-hybridized carbons (Fsp3) is 0.750. The van der Waals surface area contributed by atoms with E-state index in [1.165, 1.54) is 4.90 Å². The van der Waals surface area contributed by atoms with Gasteiger partial charge in [0.1, 0.15) is 0 Å². The molecule has 0 bridgehead atoms. The number of sulfone groups is 1. The summed E-state index contributed by atoms with van der Waals surface area (Å²) in [4.78, 5) is 13.3. The summed E-state index contributed by atoms with van der Waals surface area (Å²) in [5.41, 5.74) is -0.607. The average Bonchev–Trinajstić information content (AvgIpc) is 2.36. The van der Waals surface area contributed by atoms with E-state index in [0.717, 1.165) is 6.08 Å². The van der Waals surface area contributed by atoms with Crippen LogP contribution in [0, 0.1) is 0 Å². The van der Waals surface area contributed by atoms with Crippen LogP contribution in [0.2, 0.25) is 0 Å². The second-order valence-electron chi connectivity index (χ2n) is 5.29. The Kier molecular flexibility index (Phi) is 4.62. The number of carbonyl (C=O) groups excluding carboxylic acids is 1. The molecule has 2 heterocycles. The highest BCUT2D eigenvalue weighted by atomic mass is 32.2. The Morgan fingerprint density at radius 1 is 1.43 bits per heavy atom. The fourth-order valence-corrected chi connectivity index (χ4v) is 3.94. The first-order valence-corrected chi connectivity index (χ1v) is 8.47. The Morgan fingerprint density at radius 3 is 2.67 bits per heavy atom. The number of alkyl halides is 3. The number of hydrogen-bond acceptors (Lipinski definition) is 4. The number of rotatable bonds is 2. The monoisotopic (exact) mass is 326 g/mol. The maximum Gasteiger partial charge on any atom is 0.412 e. The third-order valence-electron chi connectivity index (χ3n) is 3.65. The van der Waals surface area contributed by atoms with Crippen LogP contribution in [-0.2, 0) is 14.6 Å². The summed E-state index contributed by atoms with van der Waals surface area (Å²) in [6.45, 7) is 0.245. The van der Waals surface area contributed by atoms with Crippen LogP contribution in [0.25, 0.3) is 0 Å². The standard InChI is InChI=1S/C12H17F3N2O3S/c13-12(14,15)9-1-4-17(5-2-9)11(18)7-10-8-21(19,20)6-3-16-10/h1,10,16H,2-8H2. The molecule has 1 amide bonds. The topological polar surface area (TPSA) is 66.5 Å². The van der Waals surface area contributed by atoms with Gasteiger partial charge >= 0.3 is 6.18 Å². The minimum Gasteiger partial charge on any atom is -0.339 e. The summed E-state index contributed by atoms with van der Waals surface area (Å²) in [6, 6.07) is -0.454. The van der Waals surface area contributed by atoms with E-state index in [-0.39, 0.29) is 43.3 Å². The Bertz CT molecular complexity index is 542. The molecule has 1 atom stereocenters. The zero-order valence-corrected chi connectivity index (χ0v) is 12.1. The van der Waals surface area contributed by atoms with Gasteiger partial charge in [0, 0.05) is 37.7 Å². The molecule has 2 rings (SSSR count). The maximum atomic E-state index is 12.5. The Hall–Kier alpha value is -1.09. The van der Waals surface area contributed by atoms with E-state index < -0.39 is 27.6 Å². The van der Waals surface area contributed by atoms with Gasteiger partial charge in [0.15, 0.2) is 9.84 Å². The van der Waals surface area contributed by atoms with Crippen molar-refractivity contribution in [3.8, 4) is 0 Å². The average molecular weight is 326 g/mol. The molecular formula is C12H17F3N2O3S. The molecule has 0 saturated carbocycles. The zero-order valence-electron chi connectivity index (χ0n) is 11.3. The van der Waals surface area contributed by atoms with Gasteiger partial charge < -0.3 is 10.2 Å². The molecule has 0 aromatic carbocycles. The molecule has 0 spiro atoms. The van der Waals surface area contributed by atoms with Gasteiger partial charge in [-0.2, -0.15) is 13.2 Å². The van der Waals surface area contributed by atoms with Gasteiger partial charge in [-0.3, -0.25) is 4.79 Å². The largest absolute Gasteiger partial charge is 0.412 e. The molecule has 0 aromatic rings. The van der Waals surface area contributed by atoms with Crippen molar-refractivity contribution in [2.45, 2.75) is 25.1 Å². The predicted octanol–water partition coefficient (Wildman–Crippen LogP) is 0.484. The highest BCUT2D eigenvalue weighted by Crippen LogP contribution is 2.30. The van der Waals surface area contributed by atoms with Gasteiger partial charge in [0.2, 0.25) is 5.91 Å². The van der Waals surface area contributed by atoms with Crippen molar-refractivity contribution in [3.05, 3.63) is 11.6 Å². The third kappa shape index (κ3) is 4.44. The lowest BCUT2D eigenvalue weighted by atomic mass is 10.1. The summed E-state index contributed by atoms with van der Waals surface area (Å²) < 4.78 is 60.4. The van der Waals surface area contributed by atoms with Crippen LogP contribution in [0.3, 0.4) is 0 Å². The van der Waals surface area contributed by atoms with Crippen molar-refractivity contribution in [2.24, 2.45) is 0 Å². The summed E-state index contributed by atoms with van der Waals surface area (Å²) >= 11 is 0. The summed E-state index contributed by atoms with van der Waals surface area (Å²) in [5, 5.41) is 2.96. The fourth-order valence-electron chi connectivity index (χ4n) is 2.49. The molecule has 2 aliphatic rings. The third-order valence-corrected chi connectivity index (χ3v) is 5.38. The van der Waals surface area contributed by atoms with Gasteiger partial charge in [-0.25, -0.2) is 8.42 Å². The number of halogens is 3. The van der Waals surface area contributed by atoms with Crippen molar-refractivity contribution in [1.29, 1.82) is 0 Å². The van der Waals surface area contributed by atoms with Crippen molar-refractivity contribution in [2.75, 3.05) is 31.1 Å². The van der Waals surface area contributed by atoms with Crippen molar-refractivity contribution >= 4 is 15.7 Å². The number of nitrogens with zero attached hydrogens (tertiary/aromatic N) is 1. The molecule has 0 aliphatic carbocycles. The van der Waals surface area contributed by atoms with Crippen LogP contribution in [0.1, 0.15) is 12.8 Å². The molecule has 1 unspecified atom stereocenters. The minimum absolute atomic E-state index is 0.00553. The van der Waals surface area contributed by atoms with Gasteiger partial charge in [0.25, 0.3) is 0 Å². The first-order chi connectivity index (χ1) is 9.67. The first kappa shape index (κ1) is 16.3. The van der Waals surface area contributed by atoms with Gasteiger partial charge in [-0.1, -0.05) is 6.08 Å². The quantitative estimate of drug-likeness (QED) is 0.750. The van der Waals surface area contributed by atoms with Gasteiger partial charge in [-0.05, 0) is 6.42 Å². The highest BCUT2D eigenvalue weighted by Gasteiger charge is 2.36. The number of nitrogens with one attached hydrogen (secondary N) is 1. The van der Waals surface area contributed by atoms with E-state index in [1.807, 2.05) is 0 Å². The summed E-state index contributed by atoms with van der Waals surface area (Å²) in [5.74, 6) is -0.364. The Balaban J connectivity index is 1.89. The van der Waals surface area contributed by atoms with E-state index in [2.05, 4.69) is 5.32 Å². The molecular weight excluding hydrogens is 309 g/mol. The lowest BCUT2D eigenvalue weighted by molar-refractivity contribution is -0.132. The van der Waals surface area contributed by atoms with Crippen LogP contribution in [0.15, 0.2) is 11.6 Å². The smallest absolute Gasteiger partial charge is 0.339 e. The van der Waals surface area contributed by atoms with Gasteiger partial charge in [-0.15, -0.1) is 0 Å². The maximum absolute atomic E-state index is 12.5. The molecule has 1 fully saturated rings. The molecule has 9 heteroatoms. The molecule has 1 N–H and O–H groups in total. The Morgan fingerprint density at radius 2 is 2.14 bits per heavy atom. The molecule has 21 heavy (non-hydrogen) atoms. The van der Waals surface area contributed by atoms with E-state index in [0.29, 0.717) is 6.54 Å². The predicted molar refractivity (Wildman–Crippen MR) is 70.4 cm³/mol. The lowest BCUT2D eigenvalue weighted by Gasteiger charge is -2.30. The van der Waals surface area contributed by atoms with Gasteiger partial charge in [0.05, 0.1) is 11.5 Å². The van der Waals surface area contributed by atoms with E-state index in [9.17, 15) is 26.4 Å². The molecule has 1 saturated heterocycles. The van der Waals surface area contributed by atoms with Crippen LogP contribution < -0.4 is 5.32 Å². The molecule has 0 aromatic heterocycles. The van der Waals surface area contributed by atoms with E-state index in [4.69, 9.17) is 0 Å². The lowest BCUT2D eigenvalue weighted by Crippen LogP contribution is -2.48. The van der Waals surface area contributed by atoms with Crippen molar-refractivity contribution in [1.82, 2.24) is 10.2 Å². The molecule has 0 radical (unpaired) electrons. The Labute approximate surface area is 121 Å². The van der Waals surface area contributed by atoms with Crippen LogP contribution in [0.5, 0.6) is 0 Å². The first-order valence-electron chi connectivity index (χ1n) is 6.65.